The molecule has 32 heavy (non-hydrogen) atoms. The first-order valence-corrected chi connectivity index (χ1v) is 11.6. The fourth-order valence-electron chi connectivity index (χ4n) is 6.43. The number of halogens is 2. The van der Waals surface area contributed by atoms with Gasteiger partial charge in [-0.25, -0.2) is 4.98 Å². The molecule has 7 nitrogen and oxygen atoms in total. The van der Waals surface area contributed by atoms with Crippen molar-refractivity contribution in [1.29, 1.82) is 5.41 Å². The molecule has 0 aromatic carbocycles. The molecule has 2 heterocycles. The molecular weight excluding hydrogens is 416 g/mol. The molecule has 172 valence electrons. The van der Waals surface area contributed by atoms with Gasteiger partial charge in [-0.2, -0.15) is 8.78 Å². The Morgan fingerprint density at radius 2 is 2.16 bits per heavy atom. The van der Waals surface area contributed by atoms with Crippen molar-refractivity contribution < 1.29 is 18.3 Å². The fourth-order valence-corrected chi connectivity index (χ4v) is 6.43. The maximum absolute atomic E-state index is 12.7. The minimum absolute atomic E-state index is 0.104. The minimum atomic E-state index is -2.99. The van der Waals surface area contributed by atoms with Gasteiger partial charge in [0.05, 0.1) is 18.9 Å². The van der Waals surface area contributed by atoms with Crippen LogP contribution in [-0.2, 0) is 4.74 Å². The second kappa shape index (κ2) is 7.38. The number of fused-ring (bicyclic) bond motifs is 1. The Kier molecular flexibility index (Phi) is 4.69. The lowest BCUT2D eigenvalue weighted by Gasteiger charge is -2.32. The van der Waals surface area contributed by atoms with Crippen LogP contribution in [0.1, 0.15) is 24.8 Å². The SMILES string of the molecule is N=C(/C=C(\NCC1CC1)[C@]12C3C(N4CCOCC4)C[C@@H]1[C@H]32)c1cnc(N)c(OC(F)F)c1. The van der Waals surface area contributed by atoms with Crippen LogP contribution < -0.4 is 15.8 Å². The molecule has 9 heteroatoms. The van der Waals surface area contributed by atoms with Crippen molar-refractivity contribution in [3.05, 3.63) is 29.6 Å². The third-order valence-corrected chi connectivity index (χ3v) is 8.19. The molecule has 6 fully saturated rings. The Bertz CT molecular complexity index is 956. The van der Waals surface area contributed by atoms with Crippen LogP contribution >= 0.6 is 0 Å². The number of aromatic nitrogens is 1. The Morgan fingerprint density at radius 3 is 2.84 bits per heavy atom. The van der Waals surface area contributed by atoms with Crippen molar-refractivity contribution in [3.63, 3.8) is 0 Å². The van der Waals surface area contributed by atoms with E-state index in [0.29, 0.717) is 29.4 Å². The predicted octanol–water partition coefficient (Wildman–Crippen LogP) is 2.48. The van der Waals surface area contributed by atoms with Crippen LogP contribution in [0.3, 0.4) is 0 Å². The summed E-state index contributed by atoms with van der Waals surface area (Å²) in [6.45, 7) is 1.59. The number of alkyl halides is 2. The first-order valence-electron chi connectivity index (χ1n) is 11.6. The quantitative estimate of drug-likeness (QED) is 0.506. The molecule has 1 saturated heterocycles. The number of hydrogen-bond donors (Lipinski definition) is 3. The van der Waals surface area contributed by atoms with Gasteiger partial charge < -0.3 is 25.9 Å². The van der Waals surface area contributed by atoms with Crippen LogP contribution in [-0.4, -0.2) is 61.1 Å². The van der Waals surface area contributed by atoms with Crippen molar-refractivity contribution in [1.82, 2.24) is 15.2 Å². The molecule has 2 bridgehead atoms. The summed E-state index contributed by atoms with van der Waals surface area (Å²) in [7, 11) is 0. The molecule has 4 N–H and O–H groups in total. The van der Waals surface area contributed by atoms with E-state index in [0.717, 1.165) is 44.5 Å². The number of rotatable bonds is 9. The zero-order valence-electron chi connectivity index (χ0n) is 17.9. The number of morpholine rings is 1. The lowest BCUT2D eigenvalue weighted by Crippen LogP contribution is -2.43. The van der Waals surface area contributed by atoms with E-state index in [1.807, 2.05) is 6.08 Å². The molecule has 6 aliphatic rings. The molecule has 5 atom stereocenters. The zero-order chi connectivity index (χ0) is 22.0. The number of ether oxygens (including phenoxy) is 2. The fraction of sp³-hybridized carbons (Fsp3) is 0.652. The van der Waals surface area contributed by atoms with Crippen molar-refractivity contribution in [2.24, 2.45) is 29.1 Å². The van der Waals surface area contributed by atoms with Crippen LogP contribution in [0.4, 0.5) is 14.6 Å². The minimum Gasteiger partial charge on any atom is -0.431 e. The van der Waals surface area contributed by atoms with E-state index < -0.39 is 6.61 Å². The number of nitrogens with two attached hydrogens (primary N) is 1. The largest absolute Gasteiger partial charge is 0.431 e. The van der Waals surface area contributed by atoms with Gasteiger partial charge in [-0.05, 0) is 55.1 Å². The molecule has 0 radical (unpaired) electrons. The summed E-state index contributed by atoms with van der Waals surface area (Å²) in [5.74, 6) is 2.48. The Labute approximate surface area is 185 Å². The summed E-state index contributed by atoms with van der Waals surface area (Å²) in [5.41, 5.74) is 7.65. The van der Waals surface area contributed by atoms with Gasteiger partial charge in [0.15, 0.2) is 11.6 Å². The van der Waals surface area contributed by atoms with E-state index in [-0.39, 0.29) is 22.7 Å². The van der Waals surface area contributed by atoms with Crippen LogP contribution in [0.5, 0.6) is 5.75 Å². The van der Waals surface area contributed by atoms with Gasteiger partial charge in [0, 0.05) is 48.5 Å². The van der Waals surface area contributed by atoms with Crippen molar-refractivity contribution >= 4 is 11.5 Å². The monoisotopic (exact) mass is 445 g/mol. The molecular formula is C23H29F2N5O2. The van der Waals surface area contributed by atoms with E-state index in [4.69, 9.17) is 15.9 Å². The van der Waals surface area contributed by atoms with E-state index in [9.17, 15) is 8.78 Å². The Hall–Kier alpha value is -2.26. The normalized spacial score (nSPS) is 35.5. The van der Waals surface area contributed by atoms with Crippen LogP contribution in [0.25, 0.3) is 0 Å². The summed E-state index contributed by atoms with van der Waals surface area (Å²) in [6, 6.07) is 1.99. The molecule has 5 aliphatic carbocycles. The van der Waals surface area contributed by atoms with Crippen molar-refractivity contribution in [2.45, 2.75) is 31.9 Å². The van der Waals surface area contributed by atoms with Gasteiger partial charge in [-0.15, -0.1) is 0 Å². The molecule has 0 amide bonds. The summed E-state index contributed by atoms with van der Waals surface area (Å²) in [5, 5.41) is 12.4. The standard InChI is InChI=1S/C23H29F2N5O2/c24-22(25)32-17-7-13(11-29-21(17)27)15(26)9-18(28-10-12-1-2-12)23-14-8-16(20(23)19(14)23)30-3-5-31-6-4-30/h7,9,11-12,14,16,19-20,22,26,28H,1-6,8,10H2,(H2,27,29)/b18-9-,26-15?/t14-,16?,19-,20?,23-/m1/s1. The highest BCUT2D eigenvalue weighted by atomic mass is 19.3. The van der Waals surface area contributed by atoms with Gasteiger partial charge in [-0.3, -0.25) is 4.90 Å². The van der Waals surface area contributed by atoms with E-state index in [1.165, 1.54) is 31.5 Å². The number of nitrogens with one attached hydrogen (secondary N) is 2. The highest BCUT2D eigenvalue weighted by Crippen LogP contribution is 2.93. The Morgan fingerprint density at radius 1 is 1.38 bits per heavy atom. The highest BCUT2D eigenvalue weighted by Gasteiger charge is 2.93. The number of allylic oxidation sites excluding steroid dienone is 2. The summed E-state index contributed by atoms with van der Waals surface area (Å²) in [6.07, 6.45) is 7.09. The van der Waals surface area contributed by atoms with E-state index in [1.54, 1.807) is 0 Å². The van der Waals surface area contributed by atoms with Gasteiger partial charge in [-0.1, -0.05) is 0 Å². The van der Waals surface area contributed by atoms with Gasteiger partial charge in [0.1, 0.15) is 0 Å². The number of hydrogen-bond acceptors (Lipinski definition) is 7. The van der Waals surface area contributed by atoms with Gasteiger partial charge >= 0.3 is 6.61 Å². The third kappa shape index (κ3) is 3.20. The van der Waals surface area contributed by atoms with Gasteiger partial charge in [0.25, 0.3) is 0 Å². The average molecular weight is 446 g/mol. The lowest BCUT2D eigenvalue weighted by molar-refractivity contribution is -0.0495. The maximum atomic E-state index is 12.7. The van der Waals surface area contributed by atoms with E-state index in [2.05, 4.69) is 19.9 Å². The summed E-state index contributed by atoms with van der Waals surface area (Å²) in [4.78, 5) is 6.55. The molecule has 1 aliphatic heterocycles. The molecule has 0 spiro atoms. The summed E-state index contributed by atoms with van der Waals surface area (Å²) >= 11 is 0. The van der Waals surface area contributed by atoms with Crippen molar-refractivity contribution in [3.8, 4) is 5.75 Å². The second-order valence-electron chi connectivity index (χ2n) is 9.82. The number of nitrogen functional groups attached to an aromatic ring is 1. The van der Waals surface area contributed by atoms with Crippen LogP contribution in [0.2, 0.25) is 0 Å². The third-order valence-electron chi connectivity index (χ3n) is 8.19. The first kappa shape index (κ1) is 20.4. The zero-order valence-corrected chi connectivity index (χ0v) is 17.9. The average Bonchev–Trinajstić information content (AvgIpc) is 3.74. The first-order chi connectivity index (χ1) is 15.5. The van der Waals surface area contributed by atoms with Crippen molar-refractivity contribution in [2.75, 3.05) is 38.6 Å². The lowest BCUT2D eigenvalue weighted by atomic mass is 9.98. The topological polar surface area (TPSA) is 96.5 Å². The molecule has 5 saturated carbocycles. The highest BCUT2D eigenvalue weighted by molar-refractivity contribution is 6.07. The Balaban J connectivity index is 1.24. The number of pyridine rings is 1. The van der Waals surface area contributed by atoms with E-state index >= 15 is 0 Å². The molecule has 7 rings (SSSR count). The second-order valence-corrected chi connectivity index (χ2v) is 9.82. The maximum Gasteiger partial charge on any atom is 0.387 e. The smallest absolute Gasteiger partial charge is 0.387 e. The molecule has 2 unspecified atom stereocenters. The predicted molar refractivity (Wildman–Crippen MR) is 115 cm³/mol. The van der Waals surface area contributed by atoms with Gasteiger partial charge in [0.2, 0.25) is 0 Å². The van der Waals surface area contributed by atoms with Crippen LogP contribution in [0, 0.1) is 34.5 Å². The molecule has 1 aromatic heterocycles. The van der Waals surface area contributed by atoms with Crippen LogP contribution in [0.15, 0.2) is 24.0 Å². The number of anilines is 1. The molecule has 1 aromatic rings. The number of nitrogens with zero attached hydrogens (tertiary/aromatic N) is 2. The summed E-state index contributed by atoms with van der Waals surface area (Å²) < 4.78 is 35.4.